The Morgan fingerprint density at radius 3 is 2.61 bits per heavy atom. The van der Waals surface area contributed by atoms with Gasteiger partial charge in [0, 0.05) is 13.5 Å². The number of halogens is 1. The summed E-state index contributed by atoms with van der Waals surface area (Å²) in [5, 5.41) is 0.0774. The van der Waals surface area contributed by atoms with E-state index in [1.807, 2.05) is 0 Å². The fourth-order valence-corrected chi connectivity index (χ4v) is 2.65. The molecule has 0 bridgehead atoms. The molecule has 0 N–H and O–H groups in total. The first-order valence-electron chi connectivity index (χ1n) is 6.47. The minimum Gasteiger partial charge on any atom is -0.487 e. The molecule has 100 valence electrons. The van der Waals surface area contributed by atoms with Gasteiger partial charge in [-0.3, -0.25) is 0 Å². The quantitative estimate of drug-likeness (QED) is 0.772. The second-order valence-corrected chi connectivity index (χ2v) is 5.85. The number of ether oxygens (including phenoxy) is 2. The summed E-state index contributed by atoms with van der Waals surface area (Å²) >= 11 is 6.09. The number of rotatable bonds is 4. The van der Waals surface area contributed by atoms with Crippen LogP contribution in [0.3, 0.4) is 0 Å². The number of methoxy groups -OCH3 is 1. The van der Waals surface area contributed by atoms with Crippen molar-refractivity contribution in [2.45, 2.75) is 50.7 Å². The highest BCUT2D eigenvalue weighted by atomic mass is 35.5. The molecule has 0 radical (unpaired) electrons. The predicted octanol–water partition coefficient (Wildman–Crippen LogP) is 3.89. The van der Waals surface area contributed by atoms with Crippen LogP contribution in [-0.2, 0) is 4.74 Å². The van der Waals surface area contributed by atoms with Crippen LogP contribution in [0.2, 0.25) is 0 Å². The SMILES string of the molecule is COC1C(Cl)CC1Oc1cc(C(C)C)ccc1C. The molecule has 3 heteroatoms. The monoisotopic (exact) mass is 268 g/mol. The third-order valence-corrected chi connectivity index (χ3v) is 4.04. The molecule has 0 spiro atoms. The highest BCUT2D eigenvalue weighted by molar-refractivity contribution is 6.21. The Balaban J connectivity index is 2.11. The fraction of sp³-hybridized carbons (Fsp3) is 0.600. The van der Waals surface area contributed by atoms with Crippen molar-refractivity contribution >= 4 is 11.6 Å². The Morgan fingerprint density at radius 2 is 2.06 bits per heavy atom. The molecule has 0 aliphatic heterocycles. The maximum atomic E-state index is 6.09. The molecule has 1 saturated carbocycles. The second kappa shape index (κ2) is 5.50. The van der Waals surface area contributed by atoms with Crippen LogP contribution in [-0.4, -0.2) is 24.7 Å². The summed E-state index contributed by atoms with van der Waals surface area (Å²) in [5.41, 5.74) is 2.46. The number of hydrogen-bond donors (Lipinski definition) is 0. The topological polar surface area (TPSA) is 18.5 Å². The molecule has 1 aliphatic rings. The molecule has 2 rings (SSSR count). The Bertz CT molecular complexity index is 417. The zero-order valence-electron chi connectivity index (χ0n) is 11.4. The van der Waals surface area contributed by atoms with Crippen LogP contribution >= 0.6 is 11.6 Å². The minimum atomic E-state index is 0.00812. The molecule has 18 heavy (non-hydrogen) atoms. The standard InChI is InChI=1S/C15H21ClO2/c1-9(2)11-6-5-10(3)13(7-11)18-14-8-12(16)15(14)17-4/h5-7,9,12,14-15H,8H2,1-4H3. The zero-order chi connectivity index (χ0) is 13.3. The Kier molecular flexibility index (Phi) is 4.18. The van der Waals surface area contributed by atoms with Crippen molar-refractivity contribution in [3.8, 4) is 5.75 Å². The van der Waals surface area contributed by atoms with E-state index < -0.39 is 0 Å². The van der Waals surface area contributed by atoms with Gasteiger partial charge in [-0.05, 0) is 30.0 Å². The van der Waals surface area contributed by atoms with Crippen LogP contribution in [0, 0.1) is 6.92 Å². The highest BCUT2D eigenvalue weighted by Gasteiger charge is 2.42. The lowest BCUT2D eigenvalue weighted by Gasteiger charge is -2.40. The van der Waals surface area contributed by atoms with Crippen molar-refractivity contribution in [3.05, 3.63) is 29.3 Å². The van der Waals surface area contributed by atoms with E-state index in [0.717, 1.165) is 17.7 Å². The van der Waals surface area contributed by atoms with Crippen molar-refractivity contribution in [1.82, 2.24) is 0 Å². The number of alkyl halides is 1. The first-order valence-corrected chi connectivity index (χ1v) is 6.90. The van der Waals surface area contributed by atoms with Gasteiger partial charge in [-0.15, -0.1) is 11.6 Å². The average Bonchev–Trinajstić information content (AvgIpc) is 2.31. The first kappa shape index (κ1) is 13.7. The van der Waals surface area contributed by atoms with Gasteiger partial charge in [0.2, 0.25) is 0 Å². The van der Waals surface area contributed by atoms with Crippen molar-refractivity contribution < 1.29 is 9.47 Å². The van der Waals surface area contributed by atoms with Crippen molar-refractivity contribution in [2.24, 2.45) is 0 Å². The molecule has 0 amide bonds. The van der Waals surface area contributed by atoms with Crippen LogP contribution in [0.1, 0.15) is 37.3 Å². The first-order chi connectivity index (χ1) is 8.52. The van der Waals surface area contributed by atoms with E-state index in [-0.39, 0.29) is 17.6 Å². The number of benzene rings is 1. The fourth-order valence-electron chi connectivity index (χ4n) is 2.21. The third kappa shape index (κ3) is 2.65. The van der Waals surface area contributed by atoms with Gasteiger partial charge in [-0.2, -0.15) is 0 Å². The van der Waals surface area contributed by atoms with Gasteiger partial charge in [0.25, 0.3) is 0 Å². The molecule has 1 aromatic carbocycles. The molecular weight excluding hydrogens is 248 g/mol. The largest absolute Gasteiger partial charge is 0.487 e. The van der Waals surface area contributed by atoms with E-state index in [0.29, 0.717) is 5.92 Å². The van der Waals surface area contributed by atoms with Gasteiger partial charge >= 0.3 is 0 Å². The molecule has 1 aromatic rings. The highest BCUT2D eigenvalue weighted by Crippen LogP contribution is 2.34. The summed E-state index contributed by atoms with van der Waals surface area (Å²) in [4.78, 5) is 0. The van der Waals surface area contributed by atoms with Gasteiger partial charge in [0.05, 0.1) is 5.38 Å². The molecule has 1 aliphatic carbocycles. The molecule has 0 heterocycles. The van der Waals surface area contributed by atoms with Gasteiger partial charge < -0.3 is 9.47 Å². The van der Waals surface area contributed by atoms with Crippen LogP contribution in [0.4, 0.5) is 0 Å². The lowest BCUT2D eigenvalue weighted by molar-refractivity contribution is -0.0586. The molecule has 2 nitrogen and oxygen atoms in total. The summed E-state index contributed by atoms with van der Waals surface area (Å²) in [6.07, 6.45) is 0.943. The predicted molar refractivity (Wildman–Crippen MR) is 74.7 cm³/mol. The van der Waals surface area contributed by atoms with E-state index >= 15 is 0 Å². The van der Waals surface area contributed by atoms with Gasteiger partial charge in [-0.1, -0.05) is 26.0 Å². The zero-order valence-corrected chi connectivity index (χ0v) is 12.2. The Labute approximate surface area is 114 Å². The second-order valence-electron chi connectivity index (χ2n) is 5.29. The van der Waals surface area contributed by atoms with E-state index in [9.17, 15) is 0 Å². The van der Waals surface area contributed by atoms with Crippen LogP contribution in [0.5, 0.6) is 5.75 Å². The summed E-state index contributed by atoms with van der Waals surface area (Å²) in [6, 6.07) is 6.41. The van der Waals surface area contributed by atoms with Crippen molar-refractivity contribution in [1.29, 1.82) is 0 Å². The van der Waals surface area contributed by atoms with Crippen LogP contribution in [0.15, 0.2) is 18.2 Å². The van der Waals surface area contributed by atoms with Gasteiger partial charge in [0.15, 0.2) is 0 Å². The molecular formula is C15H21ClO2. The number of aryl methyl sites for hydroxylation is 1. The van der Waals surface area contributed by atoms with E-state index in [1.54, 1.807) is 7.11 Å². The van der Waals surface area contributed by atoms with E-state index in [4.69, 9.17) is 21.1 Å². The van der Waals surface area contributed by atoms with Crippen LogP contribution < -0.4 is 4.74 Å². The van der Waals surface area contributed by atoms with Gasteiger partial charge in [0.1, 0.15) is 18.0 Å². The van der Waals surface area contributed by atoms with Crippen molar-refractivity contribution in [3.63, 3.8) is 0 Å². The average molecular weight is 269 g/mol. The third-order valence-electron chi connectivity index (χ3n) is 3.61. The number of hydrogen-bond acceptors (Lipinski definition) is 2. The minimum absolute atomic E-state index is 0.00812. The lowest BCUT2D eigenvalue weighted by Crippen LogP contribution is -2.52. The van der Waals surface area contributed by atoms with Crippen LogP contribution in [0.25, 0.3) is 0 Å². The Morgan fingerprint density at radius 1 is 1.33 bits per heavy atom. The molecule has 3 atom stereocenters. The maximum absolute atomic E-state index is 6.09. The summed E-state index contributed by atoms with van der Waals surface area (Å²) < 4.78 is 11.4. The van der Waals surface area contributed by atoms with Crippen molar-refractivity contribution in [2.75, 3.05) is 7.11 Å². The maximum Gasteiger partial charge on any atom is 0.128 e. The molecule has 0 aromatic heterocycles. The summed E-state index contributed by atoms with van der Waals surface area (Å²) in [7, 11) is 1.69. The smallest absolute Gasteiger partial charge is 0.128 e. The summed E-state index contributed by atoms with van der Waals surface area (Å²) in [5.74, 6) is 1.46. The molecule has 1 fully saturated rings. The Hall–Kier alpha value is -0.730. The van der Waals surface area contributed by atoms with E-state index in [2.05, 4.69) is 39.0 Å². The molecule has 3 unspecified atom stereocenters. The molecule has 0 saturated heterocycles. The normalized spacial score (nSPS) is 27.1. The lowest BCUT2D eigenvalue weighted by atomic mass is 9.90. The van der Waals surface area contributed by atoms with E-state index in [1.165, 1.54) is 5.56 Å². The summed E-state index contributed by atoms with van der Waals surface area (Å²) in [6.45, 7) is 6.44. The van der Waals surface area contributed by atoms with Gasteiger partial charge in [-0.25, -0.2) is 0 Å².